The van der Waals surface area contributed by atoms with Gasteiger partial charge in [-0.2, -0.15) is 0 Å². The molecule has 3 aromatic carbocycles. The van der Waals surface area contributed by atoms with Crippen molar-refractivity contribution in [2.75, 3.05) is 0 Å². The number of nitrogens with zero attached hydrogens (tertiary/aromatic N) is 1. The van der Waals surface area contributed by atoms with E-state index in [2.05, 4.69) is 110 Å². The first-order valence-electron chi connectivity index (χ1n) is 13.0. The molecule has 0 spiro atoms. The van der Waals surface area contributed by atoms with Gasteiger partial charge in [-0.3, -0.25) is 0 Å². The lowest BCUT2D eigenvalue weighted by molar-refractivity contribution is -0.659. The van der Waals surface area contributed by atoms with Crippen LogP contribution in [0.2, 0.25) is 0 Å². The molecule has 0 fully saturated rings. The molecule has 184 valence electrons. The van der Waals surface area contributed by atoms with Crippen LogP contribution in [0.5, 0.6) is 11.5 Å². The van der Waals surface area contributed by atoms with E-state index in [1.807, 2.05) is 0 Å². The fourth-order valence-corrected chi connectivity index (χ4v) is 5.83. The molecule has 0 radical (unpaired) electrons. The molecule has 5 aromatic rings. The number of furan rings is 1. The molecule has 3 nitrogen and oxygen atoms in total. The van der Waals surface area contributed by atoms with Gasteiger partial charge in [-0.15, -0.1) is 0 Å². The van der Waals surface area contributed by atoms with E-state index in [4.69, 9.17) is 9.15 Å². The summed E-state index contributed by atoms with van der Waals surface area (Å²) in [6.45, 7) is 18.0. The molecule has 0 amide bonds. The molecule has 0 saturated carbocycles. The van der Waals surface area contributed by atoms with Gasteiger partial charge in [0.1, 0.15) is 23.8 Å². The van der Waals surface area contributed by atoms with Gasteiger partial charge in [0.2, 0.25) is 5.69 Å². The Kier molecular flexibility index (Phi) is 4.71. The molecule has 1 aliphatic rings. The number of hydrogen-bond acceptors (Lipinski definition) is 2. The third kappa shape index (κ3) is 3.36. The minimum atomic E-state index is -0.0594. The molecule has 3 heterocycles. The smallest absolute Gasteiger partial charge is 0.228 e. The molecule has 36 heavy (non-hydrogen) atoms. The molecule has 2 aromatic heterocycles. The summed E-state index contributed by atoms with van der Waals surface area (Å²) in [5, 5.41) is 4.55. The number of aromatic nitrogens is 1. The van der Waals surface area contributed by atoms with Gasteiger partial charge in [-0.25, -0.2) is 4.57 Å². The average Bonchev–Trinajstić information content (AvgIpc) is 3.13. The van der Waals surface area contributed by atoms with Gasteiger partial charge < -0.3 is 9.15 Å². The lowest BCUT2D eigenvalue weighted by Gasteiger charge is -2.29. The highest BCUT2D eigenvalue weighted by Crippen LogP contribution is 2.54. The summed E-state index contributed by atoms with van der Waals surface area (Å²) in [6, 6.07) is 13.4. The van der Waals surface area contributed by atoms with Gasteiger partial charge >= 0.3 is 0 Å². The predicted octanol–water partition coefficient (Wildman–Crippen LogP) is 8.84. The summed E-state index contributed by atoms with van der Waals surface area (Å²) < 4.78 is 15.8. The van der Waals surface area contributed by atoms with E-state index in [0.717, 1.165) is 45.2 Å². The highest BCUT2D eigenvalue weighted by Gasteiger charge is 2.36. The van der Waals surface area contributed by atoms with Gasteiger partial charge in [-0.05, 0) is 65.3 Å². The monoisotopic (exact) mass is 478 g/mol. The summed E-state index contributed by atoms with van der Waals surface area (Å²) in [5.74, 6) is 1.80. The van der Waals surface area contributed by atoms with Crippen LogP contribution in [0.25, 0.3) is 44.0 Å². The third-order valence-corrected chi connectivity index (χ3v) is 7.66. The number of hydrogen-bond donors (Lipinski definition) is 0. The first-order chi connectivity index (χ1) is 16.8. The standard InChI is InChI=1S/C33H36NO2/c1-18-14-24(33(6,7)8)30-26(19(18)2)28-27-21(12-13-34(28)9)16-23-22-11-10-20(17-32(3,4)5)15-25(22)35-29(23)31(27)36-30/h10-16H,17H2,1-9H3/q+1. The topological polar surface area (TPSA) is 26.2 Å². The zero-order valence-electron chi connectivity index (χ0n) is 23.0. The first kappa shape index (κ1) is 23.1. The lowest BCUT2D eigenvalue weighted by atomic mass is 9.81. The maximum Gasteiger partial charge on any atom is 0.228 e. The largest absolute Gasteiger partial charge is 0.452 e. The maximum absolute atomic E-state index is 6.94. The zero-order valence-corrected chi connectivity index (χ0v) is 23.0. The van der Waals surface area contributed by atoms with E-state index in [1.165, 1.54) is 38.9 Å². The van der Waals surface area contributed by atoms with E-state index in [1.54, 1.807) is 0 Å². The van der Waals surface area contributed by atoms with Crippen molar-refractivity contribution < 1.29 is 13.7 Å². The van der Waals surface area contributed by atoms with Crippen LogP contribution >= 0.6 is 0 Å². The van der Waals surface area contributed by atoms with Crippen LogP contribution < -0.4 is 9.30 Å². The Labute approximate surface area is 213 Å². The molecule has 0 saturated heterocycles. The molecule has 0 unspecified atom stereocenters. The summed E-state index contributed by atoms with van der Waals surface area (Å²) in [6.07, 6.45) is 3.18. The van der Waals surface area contributed by atoms with E-state index < -0.39 is 0 Å². The number of aryl methyl sites for hydroxylation is 2. The zero-order chi connectivity index (χ0) is 25.7. The molecule has 0 N–H and O–H groups in total. The molecule has 6 rings (SSSR count). The number of benzene rings is 3. The van der Waals surface area contributed by atoms with E-state index in [-0.39, 0.29) is 10.8 Å². The van der Waals surface area contributed by atoms with Crippen molar-refractivity contribution in [2.45, 2.75) is 67.2 Å². The van der Waals surface area contributed by atoms with E-state index in [0.29, 0.717) is 0 Å². The molecular weight excluding hydrogens is 442 g/mol. The van der Waals surface area contributed by atoms with Crippen LogP contribution in [-0.4, -0.2) is 0 Å². The lowest BCUT2D eigenvalue weighted by Crippen LogP contribution is -2.32. The Hall–Kier alpha value is -3.33. The van der Waals surface area contributed by atoms with Gasteiger partial charge in [0.15, 0.2) is 17.5 Å². The molecule has 0 atom stereocenters. The van der Waals surface area contributed by atoms with Gasteiger partial charge in [0, 0.05) is 22.4 Å². The second-order valence-corrected chi connectivity index (χ2v) is 12.9. The summed E-state index contributed by atoms with van der Waals surface area (Å²) >= 11 is 0. The van der Waals surface area contributed by atoms with E-state index in [9.17, 15) is 0 Å². The second kappa shape index (κ2) is 7.35. The fourth-order valence-electron chi connectivity index (χ4n) is 5.83. The van der Waals surface area contributed by atoms with E-state index >= 15 is 0 Å². The van der Waals surface area contributed by atoms with Crippen LogP contribution in [0.1, 0.15) is 63.8 Å². The summed E-state index contributed by atoms with van der Waals surface area (Å²) in [5.41, 5.74) is 9.40. The summed E-state index contributed by atoms with van der Waals surface area (Å²) in [7, 11) is 2.13. The SMILES string of the molecule is Cc1cc(C(C)(C)C)c2c(c1C)-c1c3c(c4oc5cc(CC(C)(C)C)ccc5c4cc3cc[n+]1C)O2. The van der Waals surface area contributed by atoms with Gasteiger partial charge in [0.05, 0.1) is 5.56 Å². The normalized spacial score (nSPS) is 13.5. The van der Waals surface area contributed by atoms with Crippen molar-refractivity contribution in [3.63, 3.8) is 0 Å². The molecule has 1 aliphatic heterocycles. The highest BCUT2D eigenvalue weighted by molar-refractivity contribution is 6.17. The van der Waals surface area contributed by atoms with Crippen LogP contribution in [0.3, 0.4) is 0 Å². The van der Waals surface area contributed by atoms with Crippen molar-refractivity contribution in [2.24, 2.45) is 12.5 Å². The van der Waals surface area contributed by atoms with Crippen LogP contribution in [0.15, 0.2) is 47.0 Å². The van der Waals surface area contributed by atoms with Crippen molar-refractivity contribution in [1.82, 2.24) is 0 Å². The second-order valence-electron chi connectivity index (χ2n) is 12.9. The summed E-state index contributed by atoms with van der Waals surface area (Å²) in [4.78, 5) is 0. The van der Waals surface area contributed by atoms with Crippen LogP contribution in [0.4, 0.5) is 0 Å². The first-order valence-corrected chi connectivity index (χ1v) is 13.0. The van der Waals surface area contributed by atoms with Gasteiger partial charge in [-0.1, -0.05) is 59.7 Å². The molecule has 0 bridgehead atoms. The Balaban J connectivity index is 1.72. The van der Waals surface area contributed by atoms with Crippen molar-refractivity contribution in [3.05, 3.63) is 64.8 Å². The van der Waals surface area contributed by atoms with Crippen molar-refractivity contribution in [1.29, 1.82) is 0 Å². The predicted molar refractivity (Wildman–Crippen MR) is 149 cm³/mol. The number of pyridine rings is 1. The average molecular weight is 479 g/mol. The number of rotatable bonds is 1. The minimum Gasteiger partial charge on any atom is -0.452 e. The minimum absolute atomic E-state index is 0.0594. The van der Waals surface area contributed by atoms with Crippen LogP contribution in [0, 0.1) is 19.3 Å². The number of ether oxygens (including phenoxy) is 1. The van der Waals surface area contributed by atoms with Gasteiger partial charge in [0.25, 0.3) is 0 Å². The van der Waals surface area contributed by atoms with Crippen molar-refractivity contribution in [3.8, 4) is 22.8 Å². The Morgan fingerprint density at radius 3 is 2.31 bits per heavy atom. The Bertz CT molecular complexity index is 1720. The third-order valence-electron chi connectivity index (χ3n) is 7.66. The molecule has 0 aliphatic carbocycles. The highest BCUT2D eigenvalue weighted by atomic mass is 16.5. The number of fused-ring (bicyclic) bond motifs is 6. The van der Waals surface area contributed by atoms with Crippen LogP contribution in [-0.2, 0) is 18.9 Å². The maximum atomic E-state index is 6.94. The fraction of sp³-hybridized carbons (Fsp3) is 0.364. The van der Waals surface area contributed by atoms with Crippen molar-refractivity contribution >= 4 is 32.7 Å². The molecular formula is C33H36NO2+. The quantitative estimate of drug-likeness (QED) is 0.221. The molecule has 3 heteroatoms. The Morgan fingerprint density at radius 1 is 0.861 bits per heavy atom. The Morgan fingerprint density at radius 2 is 1.61 bits per heavy atom.